The fourth-order valence-electron chi connectivity index (χ4n) is 3.62. The van der Waals surface area contributed by atoms with Crippen LogP contribution in [0.4, 0.5) is 4.39 Å². The summed E-state index contributed by atoms with van der Waals surface area (Å²) in [6.07, 6.45) is 6.72. The average Bonchev–Trinajstić information content (AvgIpc) is 3.04. The topological polar surface area (TPSA) is 64.4 Å². The van der Waals surface area contributed by atoms with Crippen molar-refractivity contribution in [2.45, 2.75) is 45.6 Å². The van der Waals surface area contributed by atoms with Gasteiger partial charge >= 0.3 is 5.97 Å². The lowest BCUT2D eigenvalue weighted by Gasteiger charge is -2.35. The molecule has 6 nitrogen and oxygen atoms in total. The van der Waals surface area contributed by atoms with Crippen molar-refractivity contribution in [3.8, 4) is 5.69 Å². The molecule has 1 aromatic heterocycles. The fourth-order valence-corrected chi connectivity index (χ4v) is 3.96. The average molecular weight is 434 g/mol. The Labute approximate surface area is 180 Å². The lowest BCUT2D eigenvalue weighted by Crippen LogP contribution is -2.45. The zero-order chi connectivity index (χ0) is 21.7. The van der Waals surface area contributed by atoms with Crippen LogP contribution in [0.3, 0.4) is 0 Å². The molecule has 0 saturated carbocycles. The van der Waals surface area contributed by atoms with Gasteiger partial charge in [0.15, 0.2) is 6.61 Å². The number of piperidine rings is 1. The Kier molecular flexibility index (Phi) is 7.26. The molecule has 1 atom stereocenters. The highest BCUT2D eigenvalue weighted by Crippen LogP contribution is 2.25. The molecule has 2 heterocycles. The van der Waals surface area contributed by atoms with Gasteiger partial charge in [0.1, 0.15) is 11.0 Å². The second-order valence-corrected chi connectivity index (χ2v) is 7.62. The van der Waals surface area contributed by atoms with E-state index in [0.717, 1.165) is 25.7 Å². The molecule has 1 aliphatic heterocycles. The highest BCUT2D eigenvalue weighted by molar-refractivity contribution is 6.31. The summed E-state index contributed by atoms with van der Waals surface area (Å²) in [6.45, 7) is 4.24. The Hall–Kier alpha value is -2.67. The Morgan fingerprint density at radius 2 is 2.03 bits per heavy atom. The number of benzene rings is 1. The van der Waals surface area contributed by atoms with E-state index in [9.17, 15) is 14.0 Å². The maximum atomic E-state index is 13.1. The minimum absolute atomic E-state index is 0.165. The van der Waals surface area contributed by atoms with E-state index >= 15 is 0 Å². The largest absolute Gasteiger partial charge is 0.452 e. The van der Waals surface area contributed by atoms with Crippen molar-refractivity contribution in [3.05, 3.63) is 52.6 Å². The van der Waals surface area contributed by atoms with Gasteiger partial charge in [-0.25, -0.2) is 13.9 Å². The molecule has 0 bridgehead atoms. The van der Waals surface area contributed by atoms with E-state index in [1.807, 2.05) is 4.90 Å². The van der Waals surface area contributed by atoms with Crippen LogP contribution in [0.15, 0.2) is 30.3 Å². The summed E-state index contributed by atoms with van der Waals surface area (Å²) in [4.78, 5) is 26.3. The fraction of sp³-hybridized carbons (Fsp3) is 0.409. The van der Waals surface area contributed by atoms with Gasteiger partial charge in [0.05, 0.1) is 11.4 Å². The minimum Gasteiger partial charge on any atom is -0.452 e. The summed E-state index contributed by atoms with van der Waals surface area (Å²) in [5.41, 5.74) is 1.75. The molecular weight excluding hydrogens is 409 g/mol. The van der Waals surface area contributed by atoms with Crippen LogP contribution in [0.25, 0.3) is 11.8 Å². The number of aryl methyl sites for hydroxylation is 1. The van der Waals surface area contributed by atoms with Gasteiger partial charge < -0.3 is 9.64 Å². The number of hydrogen-bond acceptors (Lipinski definition) is 4. The van der Waals surface area contributed by atoms with Gasteiger partial charge in [0.2, 0.25) is 0 Å². The third-order valence-corrected chi connectivity index (χ3v) is 5.63. The first-order chi connectivity index (χ1) is 14.4. The van der Waals surface area contributed by atoms with Crippen LogP contribution < -0.4 is 0 Å². The number of carbonyl (C=O) groups excluding carboxylic acids is 2. The third-order valence-electron chi connectivity index (χ3n) is 5.26. The highest BCUT2D eigenvalue weighted by Gasteiger charge is 2.25. The molecule has 2 aromatic rings. The van der Waals surface area contributed by atoms with E-state index in [1.165, 1.54) is 29.0 Å². The van der Waals surface area contributed by atoms with Crippen molar-refractivity contribution in [2.75, 3.05) is 13.2 Å². The molecule has 0 aliphatic carbocycles. The van der Waals surface area contributed by atoms with Crippen molar-refractivity contribution < 1.29 is 18.7 Å². The summed E-state index contributed by atoms with van der Waals surface area (Å²) in [7, 11) is 0. The molecule has 1 aliphatic rings. The normalized spacial score (nSPS) is 16.8. The van der Waals surface area contributed by atoms with Gasteiger partial charge in [-0.05, 0) is 62.9 Å². The second-order valence-electron chi connectivity index (χ2n) is 7.26. The van der Waals surface area contributed by atoms with Crippen molar-refractivity contribution in [1.29, 1.82) is 0 Å². The Bertz CT molecular complexity index is 940. The van der Waals surface area contributed by atoms with Gasteiger partial charge in [-0.2, -0.15) is 5.10 Å². The van der Waals surface area contributed by atoms with E-state index in [-0.39, 0.29) is 24.4 Å². The lowest BCUT2D eigenvalue weighted by atomic mass is 10.00. The monoisotopic (exact) mass is 433 g/mol. The first-order valence-corrected chi connectivity index (χ1v) is 10.4. The molecule has 30 heavy (non-hydrogen) atoms. The van der Waals surface area contributed by atoms with Crippen molar-refractivity contribution >= 4 is 29.6 Å². The quantitative estimate of drug-likeness (QED) is 0.502. The van der Waals surface area contributed by atoms with Gasteiger partial charge in [-0.3, -0.25) is 4.79 Å². The predicted octanol–water partition coefficient (Wildman–Crippen LogP) is 4.32. The molecule has 1 saturated heterocycles. The molecule has 1 aromatic carbocycles. The van der Waals surface area contributed by atoms with Crippen molar-refractivity contribution in [2.24, 2.45) is 0 Å². The number of likely N-dealkylation sites (tertiary alicyclic amines) is 1. The number of esters is 1. The third kappa shape index (κ3) is 5.08. The van der Waals surface area contributed by atoms with Crippen LogP contribution in [-0.2, 0) is 14.3 Å². The van der Waals surface area contributed by atoms with Gasteiger partial charge in [0, 0.05) is 24.2 Å². The molecule has 0 radical (unpaired) electrons. The maximum Gasteiger partial charge on any atom is 0.331 e. The number of ether oxygens (including phenoxy) is 1. The van der Waals surface area contributed by atoms with E-state index in [2.05, 4.69) is 12.0 Å². The molecule has 1 fully saturated rings. The molecule has 1 unspecified atom stereocenters. The van der Waals surface area contributed by atoms with Gasteiger partial charge in [-0.15, -0.1) is 0 Å². The molecule has 0 spiro atoms. The zero-order valence-electron chi connectivity index (χ0n) is 17.1. The van der Waals surface area contributed by atoms with Crippen LogP contribution in [0.1, 0.15) is 43.9 Å². The van der Waals surface area contributed by atoms with Crippen LogP contribution >= 0.6 is 11.6 Å². The number of halogens is 2. The van der Waals surface area contributed by atoms with E-state index < -0.39 is 5.97 Å². The van der Waals surface area contributed by atoms with E-state index in [0.29, 0.717) is 28.6 Å². The molecule has 1 amide bonds. The number of nitrogens with zero attached hydrogens (tertiary/aromatic N) is 3. The zero-order valence-corrected chi connectivity index (χ0v) is 17.9. The van der Waals surface area contributed by atoms with E-state index in [4.69, 9.17) is 16.3 Å². The number of carbonyl (C=O) groups is 2. The number of hydrogen-bond donors (Lipinski definition) is 0. The van der Waals surface area contributed by atoms with Crippen molar-refractivity contribution in [3.63, 3.8) is 0 Å². The number of amides is 1. The Morgan fingerprint density at radius 3 is 2.73 bits per heavy atom. The van der Waals surface area contributed by atoms with Crippen LogP contribution in [0.2, 0.25) is 5.15 Å². The first kappa shape index (κ1) is 22.0. The lowest BCUT2D eigenvalue weighted by molar-refractivity contribution is -0.150. The maximum absolute atomic E-state index is 13.1. The molecule has 8 heteroatoms. The van der Waals surface area contributed by atoms with Gasteiger partial charge in [-0.1, -0.05) is 18.5 Å². The summed E-state index contributed by atoms with van der Waals surface area (Å²) < 4.78 is 19.7. The van der Waals surface area contributed by atoms with E-state index in [1.54, 1.807) is 19.1 Å². The molecule has 3 rings (SSSR count). The Balaban J connectivity index is 1.62. The highest BCUT2D eigenvalue weighted by atomic mass is 35.5. The van der Waals surface area contributed by atoms with Crippen LogP contribution in [0, 0.1) is 12.7 Å². The van der Waals surface area contributed by atoms with Gasteiger partial charge in [0.25, 0.3) is 5.91 Å². The summed E-state index contributed by atoms with van der Waals surface area (Å²) in [5.74, 6) is -1.15. The number of aromatic nitrogens is 2. The minimum atomic E-state index is -0.626. The number of rotatable bonds is 6. The molecular formula is C22H25ClFN3O3. The Morgan fingerprint density at radius 1 is 1.30 bits per heavy atom. The second kappa shape index (κ2) is 9.89. The molecule has 0 N–H and O–H groups in total. The first-order valence-electron chi connectivity index (χ1n) is 10.1. The summed E-state index contributed by atoms with van der Waals surface area (Å²) >= 11 is 6.39. The van der Waals surface area contributed by atoms with Crippen molar-refractivity contribution in [1.82, 2.24) is 14.7 Å². The summed E-state index contributed by atoms with van der Waals surface area (Å²) in [6, 6.07) is 5.98. The molecule has 160 valence electrons. The predicted molar refractivity (Wildman–Crippen MR) is 113 cm³/mol. The van der Waals surface area contributed by atoms with Crippen LogP contribution in [-0.4, -0.2) is 45.8 Å². The smallest absolute Gasteiger partial charge is 0.331 e. The standard InChI is InChI=1S/C22H25ClFN3O3/c1-3-17-6-4-5-13-26(17)20(28)14-30-21(29)12-11-19-15(2)25-27(22(19)23)18-9-7-16(24)8-10-18/h7-12,17H,3-6,13-14H2,1-2H3/b12-11+. The van der Waals surface area contributed by atoms with Crippen LogP contribution in [0.5, 0.6) is 0 Å². The SMILES string of the molecule is CCC1CCCCN1C(=O)COC(=O)/C=C/c1c(C)nn(-c2ccc(F)cc2)c1Cl. The summed E-state index contributed by atoms with van der Waals surface area (Å²) in [5, 5.41) is 4.63.